The second-order valence-electron chi connectivity index (χ2n) is 6.11. The molecule has 2 aliphatic heterocycles. The maximum atomic E-state index is 4.48. The van der Waals surface area contributed by atoms with Crippen molar-refractivity contribution in [1.82, 2.24) is 14.8 Å². The van der Waals surface area contributed by atoms with Crippen LogP contribution < -0.4 is 5.32 Å². The molecule has 3 heterocycles. The third kappa shape index (κ3) is 2.81. The highest BCUT2D eigenvalue weighted by Crippen LogP contribution is 2.26. The Labute approximate surface area is 122 Å². The third-order valence-corrected chi connectivity index (χ3v) is 4.68. The SMILES string of the molecule is CCNc1ncccc1CN1CC2CCCN2CC1C. The Balaban J connectivity index is 1.70. The molecule has 2 aliphatic rings. The minimum absolute atomic E-state index is 0.638. The number of anilines is 1. The molecule has 4 heteroatoms. The zero-order valence-corrected chi connectivity index (χ0v) is 12.7. The predicted octanol–water partition coefficient (Wildman–Crippen LogP) is 2.18. The van der Waals surface area contributed by atoms with Crippen LogP contribution in [0.1, 0.15) is 32.3 Å². The Bertz CT molecular complexity index is 448. The van der Waals surface area contributed by atoms with Crippen LogP contribution in [0.3, 0.4) is 0 Å². The number of piperazine rings is 1. The van der Waals surface area contributed by atoms with Gasteiger partial charge >= 0.3 is 0 Å². The first-order valence-electron chi connectivity index (χ1n) is 7.93. The fraction of sp³-hybridized carbons (Fsp3) is 0.688. The largest absolute Gasteiger partial charge is 0.370 e. The molecule has 0 saturated carbocycles. The predicted molar refractivity (Wildman–Crippen MR) is 82.9 cm³/mol. The van der Waals surface area contributed by atoms with Gasteiger partial charge in [0.2, 0.25) is 0 Å². The van der Waals surface area contributed by atoms with Gasteiger partial charge in [-0.2, -0.15) is 0 Å². The van der Waals surface area contributed by atoms with E-state index in [9.17, 15) is 0 Å². The molecule has 0 bridgehead atoms. The summed E-state index contributed by atoms with van der Waals surface area (Å²) in [6.07, 6.45) is 4.62. The molecule has 2 atom stereocenters. The number of pyridine rings is 1. The fourth-order valence-electron chi connectivity index (χ4n) is 3.58. The van der Waals surface area contributed by atoms with Gasteiger partial charge in [-0.15, -0.1) is 0 Å². The van der Waals surface area contributed by atoms with Gasteiger partial charge in [0.05, 0.1) is 0 Å². The topological polar surface area (TPSA) is 31.4 Å². The molecule has 3 rings (SSSR count). The first-order chi connectivity index (χ1) is 9.78. The van der Waals surface area contributed by atoms with Gasteiger partial charge in [-0.3, -0.25) is 9.80 Å². The Morgan fingerprint density at radius 1 is 1.40 bits per heavy atom. The molecular formula is C16H26N4. The van der Waals surface area contributed by atoms with Gasteiger partial charge in [0.1, 0.15) is 5.82 Å². The van der Waals surface area contributed by atoms with Gasteiger partial charge in [0.15, 0.2) is 0 Å². The van der Waals surface area contributed by atoms with Gasteiger partial charge in [0, 0.05) is 50.0 Å². The van der Waals surface area contributed by atoms with Gasteiger partial charge < -0.3 is 5.32 Å². The molecule has 110 valence electrons. The molecule has 0 amide bonds. The Kier molecular flexibility index (Phi) is 4.22. The van der Waals surface area contributed by atoms with Crippen LogP contribution in [0.5, 0.6) is 0 Å². The second kappa shape index (κ2) is 6.10. The van der Waals surface area contributed by atoms with Crippen LogP contribution in [0.4, 0.5) is 5.82 Å². The summed E-state index contributed by atoms with van der Waals surface area (Å²) in [4.78, 5) is 9.78. The lowest BCUT2D eigenvalue weighted by atomic mass is 10.1. The first kappa shape index (κ1) is 13.8. The van der Waals surface area contributed by atoms with Crippen molar-refractivity contribution in [3.05, 3.63) is 23.9 Å². The maximum absolute atomic E-state index is 4.48. The number of aromatic nitrogens is 1. The number of fused-ring (bicyclic) bond motifs is 1. The fourth-order valence-corrected chi connectivity index (χ4v) is 3.58. The summed E-state index contributed by atoms with van der Waals surface area (Å²) in [5.74, 6) is 1.05. The van der Waals surface area contributed by atoms with E-state index < -0.39 is 0 Å². The van der Waals surface area contributed by atoms with E-state index in [4.69, 9.17) is 0 Å². The van der Waals surface area contributed by atoms with E-state index in [2.05, 4.69) is 40.0 Å². The van der Waals surface area contributed by atoms with E-state index in [1.54, 1.807) is 0 Å². The van der Waals surface area contributed by atoms with E-state index in [0.717, 1.165) is 24.9 Å². The van der Waals surface area contributed by atoms with Crippen LogP contribution >= 0.6 is 0 Å². The van der Waals surface area contributed by atoms with Crippen LogP contribution in [-0.2, 0) is 6.54 Å². The Hall–Kier alpha value is -1.13. The van der Waals surface area contributed by atoms with Crippen LogP contribution in [0.25, 0.3) is 0 Å². The molecule has 0 radical (unpaired) electrons. The highest BCUT2D eigenvalue weighted by atomic mass is 15.3. The minimum Gasteiger partial charge on any atom is -0.370 e. The van der Waals surface area contributed by atoms with Crippen molar-refractivity contribution in [1.29, 1.82) is 0 Å². The molecule has 2 saturated heterocycles. The van der Waals surface area contributed by atoms with E-state index >= 15 is 0 Å². The third-order valence-electron chi connectivity index (χ3n) is 4.68. The zero-order chi connectivity index (χ0) is 13.9. The lowest BCUT2D eigenvalue weighted by Crippen LogP contribution is -2.54. The van der Waals surface area contributed by atoms with E-state index in [-0.39, 0.29) is 0 Å². The molecule has 2 fully saturated rings. The van der Waals surface area contributed by atoms with Crippen molar-refractivity contribution in [3.63, 3.8) is 0 Å². The van der Waals surface area contributed by atoms with Crippen LogP contribution in [0.2, 0.25) is 0 Å². The molecule has 1 aromatic heterocycles. The summed E-state index contributed by atoms with van der Waals surface area (Å²) >= 11 is 0. The monoisotopic (exact) mass is 274 g/mol. The summed E-state index contributed by atoms with van der Waals surface area (Å²) in [6.45, 7) is 10.2. The minimum atomic E-state index is 0.638. The van der Waals surface area contributed by atoms with Crippen molar-refractivity contribution in [3.8, 4) is 0 Å². The highest BCUT2D eigenvalue weighted by molar-refractivity contribution is 5.43. The van der Waals surface area contributed by atoms with Crippen molar-refractivity contribution in [2.45, 2.75) is 45.3 Å². The van der Waals surface area contributed by atoms with Crippen LogP contribution in [0, 0.1) is 0 Å². The Morgan fingerprint density at radius 2 is 2.30 bits per heavy atom. The molecule has 4 nitrogen and oxygen atoms in total. The molecule has 2 unspecified atom stereocenters. The number of hydrogen-bond acceptors (Lipinski definition) is 4. The average Bonchev–Trinajstić information content (AvgIpc) is 2.88. The summed E-state index contributed by atoms with van der Waals surface area (Å²) in [5.41, 5.74) is 1.33. The van der Waals surface area contributed by atoms with Crippen LogP contribution in [-0.4, -0.2) is 53.0 Å². The van der Waals surface area contributed by atoms with Gasteiger partial charge in [-0.05, 0) is 39.3 Å². The number of nitrogens with zero attached hydrogens (tertiary/aromatic N) is 3. The van der Waals surface area contributed by atoms with Gasteiger partial charge in [-0.1, -0.05) is 6.07 Å². The summed E-state index contributed by atoms with van der Waals surface area (Å²) < 4.78 is 0. The van der Waals surface area contributed by atoms with Crippen molar-refractivity contribution in [2.75, 3.05) is 31.5 Å². The van der Waals surface area contributed by atoms with Crippen molar-refractivity contribution in [2.24, 2.45) is 0 Å². The molecular weight excluding hydrogens is 248 g/mol. The average molecular weight is 274 g/mol. The van der Waals surface area contributed by atoms with Gasteiger partial charge in [0.25, 0.3) is 0 Å². The highest BCUT2D eigenvalue weighted by Gasteiger charge is 2.34. The van der Waals surface area contributed by atoms with E-state index in [1.165, 1.54) is 38.0 Å². The number of nitrogens with one attached hydrogen (secondary N) is 1. The standard InChI is InChI=1S/C16H26N4/c1-3-17-16-14(6-4-8-18-16)11-20-12-15-7-5-9-19(15)10-13(20)2/h4,6,8,13,15H,3,5,7,9-12H2,1-2H3,(H,17,18). The quantitative estimate of drug-likeness (QED) is 0.912. The lowest BCUT2D eigenvalue weighted by molar-refractivity contribution is 0.0541. The molecule has 0 spiro atoms. The van der Waals surface area contributed by atoms with E-state index in [1.807, 2.05) is 12.3 Å². The van der Waals surface area contributed by atoms with E-state index in [0.29, 0.717) is 6.04 Å². The molecule has 0 aliphatic carbocycles. The number of rotatable bonds is 4. The van der Waals surface area contributed by atoms with Crippen LogP contribution in [0.15, 0.2) is 18.3 Å². The summed E-state index contributed by atoms with van der Waals surface area (Å²) in [7, 11) is 0. The van der Waals surface area contributed by atoms with Crippen molar-refractivity contribution >= 4 is 5.82 Å². The molecule has 20 heavy (non-hydrogen) atoms. The molecule has 0 aromatic carbocycles. The second-order valence-corrected chi connectivity index (χ2v) is 6.11. The zero-order valence-electron chi connectivity index (χ0n) is 12.7. The summed E-state index contributed by atoms with van der Waals surface area (Å²) in [6, 6.07) is 5.68. The smallest absolute Gasteiger partial charge is 0.130 e. The molecule has 1 aromatic rings. The maximum Gasteiger partial charge on any atom is 0.130 e. The Morgan fingerprint density at radius 3 is 3.15 bits per heavy atom. The summed E-state index contributed by atoms with van der Waals surface area (Å²) in [5, 5.41) is 3.38. The number of hydrogen-bond donors (Lipinski definition) is 1. The normalized spacial score (nSPS) is 27.5. The van der Waals surface area contributed by atoms with Gasteiger partial charge in [-0.25, -0.2) is 4.98 Å². The lowest BCUT2D eigenvalue weighted by Gasteiger charge is -2.42. The van der Waals surface area contributed by atoms with Crippen molar-refractivity contribution < 1.29 is 0 Å². The first-order valence-corrected chi connectivity index (χ1v) is 7.93. The molecule has 1 N–H and O–H groups in total.